The van der Waals surface area contributed by atoms with E-state index in [1.807, 2.05) is 0 Å². The fourth-order valence-electron chi connectivity index (χ4n) is 12.0. The molecule has 0 radical (unpaired) electrons. The highest BCUT2D eigenvalue weighted by Crippen LogP contribution is 2.55. The number of fused-ring (bicyclic) bond motifs is 3. The number of rotatable bonds is 10. The van der Waals surface area contributed by atoms with Crippen molar-refractivity contribution in [1.82, 2.24) is 0 Å². The van der Waals surface area contributed by atoms with Gasteiger partial charge in [0.2, 0.25) is 0 Å². The van der Waals surface area contributed by atoms with Gasteiger partial charge in [-0.05, 0) is 156 Å². The van der Waals surface area contributed by atoms with Crippen molar-refractivity contribution in [3.05, 3.63) is 315 Å². The predicted octanol–water partition coefficient (Wildman–Crippen LogP) is 21.8. The summed E-state index contributed by atoms with van der Waals surface area (Å²) < 4.78 is 0. The topological polar surface area (TPSA) is 0 Å². The Morgan fingerprint density at radius 1 is 0.128 bits per heavy atom. The highest BCUT2D eigenvalue weighted by molar-refractivity contribution is 6.34. The average molecular weight is 989 g/mol. The van der Waals surface area contributed by atoms with Crippen LogP contribution >= 0.6 is 0 Å². The normalized spacial score (nSPS) is 11.3. The predicted molar refractivity (Wildman–Crippen MR) is 333 cm³/mol. The van der Waals surface area contributed by atoms with E-state index in [9.17, 15) is 0 Å². The number of hydrogen-bond acceptors (Lipinski definition) is 0. The van der Waals surface area contributed by atoms with Gasteiger partial charge in [0.15, 0.2) is 0 Å². The molecule has 0 amide bonds. The molecule has 0 bridgehead atoms. The molecular formula is C78H52. The van der Waals surface area contributed by atoms with Crippen molar-refractivity contribution in [2.24, 2.45) is 0 Å². The van der Waals surface area contributed by atoms with Gasteiger partial charge in [0.1, 0.15) is 0 Å². The van der Waals surface area contributed by atoms with Gasteiger partial charge in [-0.3, -0.25) is 0 Å². The van der Waals surface area contributed by atoms with Gasteiger partial charge in [0.25, 0.3) is 0 Å². The zero-order valence-corrected chi connectivity index (χ0v) is 43.0. The molecule has 0 atom stereocenters. The van der Waals surface area contributed by atoms with Gasteiger partial charge in [-0.2, -0.15) is 0 Å². The maximum Gasteiger partial charge on any atom is -0.000139 e. The molecule has 0 aliphatic carbocycles. The van der Waals surface area contributed by atoms with Gasteiger partial charge >= 0.3 is 0 Å². The summed E-state index contributed by atoms with van der Waals surface area (Å²) in [6.45, 7) is 0. The Kier molecular flexibility index (Phi) is 12.0. The highest BCUT2D eigenvalue weighted by Gasteiger charge is 2.28. The second-order valence-corrected chi connectivity index (χ2v) is 20.2. The van der Waals surface area contributed by atoms with E-state index < -0.39 is 0 Å². The van der Waals surface area contributed by atoms with Crippen LogP contribution in [-0.2, 0) is 0 Å². The number of hydrogen-bond donors (Lipinski definition) is 0. The van der Waals surface area contributed by atoms with Gasteiger partial charge in [0, 0.05) is 0 Å². The molecule has 0 saturated heterocycles. The fourth-order valence-corrected chi connectivity index (χ4v) is 12.0. The minimum absolute atomic E-state index is 1.16. The van der Waals surface area contributed by atoms with Crippen molar-refractivity contribution < 1.29 is 0 Å². The molecule has 0 nitrogen and oxygen atoms in total. The summed E-state index contributed by atoms with van der Waals surface area (Å²) in [4.78, 5) is 0. The second-order valence-electron chi connectivity index (χ2n) is 20.2. The second kappa shape index (κ2) is 20.2. The third-order valence-corrected chi connectivity index (χ3v) is 15.7. The van der Waals surface area contributed by atoms with E-state index in [0.29, 0.717) is 0 Å². The molecule has 14 rings (SSSR count). The summed E-state index contributed by atoms with van der Waals surface area (Å²) in [6, 6.07) is 116. The summed E-state index contributed by atoms with van der Waals surface area (Å²) in [7, 11) is 0. The van der Waals surface area contributed by atoms with Crippen LogP contribution in [0.1, 0.15) is 0 Å². The molecule has 0 fully saturated rings. The lowest BCUT2D eigenvalue weighted by atomic mass is 9.76. The van der Waals surface area contributed by atoms with Crippen molar-refractivity contribution in [1.29, 1.82) is 0 Å². The lowest BCUT2D eigenvalue weighted by Crippen LogP contribution is -1.99. The van der Waals surface area contributed by atoms with E-state index in [-0.39, 0.29) is 0 Å². The maximum atomic E-state index is 2.51. The van der Waals surface area contributed by atoms with Gasteiger partial charge < -0.3 is 0 Å². The summed E-state index contributed by atoms with van der Waals surface area (Å²) in [5, 5.41) is 7.23. The van der Waals surface area contributed by atoms with Crippen LogP contribution in [0.5, 0.6) is 0 Å². The highest BCUT2D eigenvalue weighted by atomic mass is 14.3. The van der Waals surface area contributed by atoms with Crippen molar-refractivity contribution in [3.8, 4) is 111 Å². The number of benzene rings is 14. The van der Waals surface area contributed by atoms with Crippen molar-refractivity contribution in [3.63, 3.8) is 0 Å². The molecule has 0 spiro atoms. The summed E-state index contributed by atoms with van der Waals surface area (Å²) in [6.07, 6.45) is 0. The molecule has 0 heterocycles. The van der Waals surface area contributed by atoms with Crippen LogP contribution in [0.3, 0.4) is 0 Å². The minimum Gasteiger partial charge on any atom is -0.0622 e. The summed E-state index contributed by atoms with van der Waals surface area (Å²) in [5.41, 5.74) is 23.7. The lowest BCUT2D eigenvalue weighted by molar-refractivity contribution is 1.58. The van der Waals surface area contributed by atoms with E-state index in [0.717, 1.165) is 22.3 Å². The molecule has 0 aliphatic heterocycles. The third kappa shape index (κ3) is 8.47. The first-order valence-corrected chi connectivity index (χ1v) is 27.0. The van der Waals surface area contributed by atoms with Gasteiger partial charge in [-0.1, -0.05) is 303 Å². The maximum absolute atomic E-state index is 2.51. The SMILES string of the molecule is c1ccc(-c2ccc(-c3c4ccccc4c(-c4ccc(-c5ccccc5)cc4)c4c(-c5ccc(-c6ccccc6)cc5)c5cc(-c6ccccc6)c(-c6ccccc6)cc5c(-c5ccc(-c6ccccc6)cc5)c34)cc2)cc1. The molecule has 0 aromatic heterocycles. The van der Waals surface area contributed by atoms with E-state index in [1.165, 1.54) is 121 Å². The average Bonchev–Trinajstić information content (AvgIpc) is 3.62. The van der Waals surface area contributed by atoms with Crippen LogP contribution in [0, 0.1) is 0 Å². The Morgan fingerprint density at radius 2 is 0.308 bits per heavy atom. The minimum atomic E-state index is 1.16. The zero-order chi connectivity index (χ0) is 51.8. The van der Waals surface area contributed by atoms with Crippen LogP contribution in [0.25, 0.3) is 144 Å². The summed E-state index contributed by atoms with van der Waals surface area (Å²) in [5.74, 6) is 0. The molecule has 0 aliphatic rings. The largest absolute Gasteiger partial charge is 0.0622 e. The molecule has 14 aromatic rings. The first kappa shape index (κ1) is 46.4. The first-order chi connectivity index (χ1) is 38.7. The van der Waals surface area contributed by atoms with Gasteiger partial charge in [0.05, 0.1) is 0 Å². The van der Waals surface area contributed by atoms with E-state index in [2.05, 4.69) is 315 Å². The smallest absolute Gasteiger partial charge is 0.000139 e. The standard InChI is InChI=1S/C78H52/c1-7-21-53(22-8-1)57-35-43-63(44-36-57)73-67-33-19-20-34-68(67)74(64-45-37-58(38-46-64)54-23-9-2-10-24-54)78-76(66-49-41-60(42-50-66)56-27-13-4-14-28-56)72-52-70(62-31-17-6-18-32-62)69(61-29-15-5-16-30-61)51-71(72)75(77(73)78)65-47-39-59(40-48-65)55-25-11-3-12-26-55/h1-52H. The Balaban J connectivity index is 1.20. The van der Waals surface area contributed by atoms with Crippen molar-refractivity contribution in [2.75, 3.05) is 0 Å². The van der Waals surface area contributed by atoms with Crippen molar-refractivity contribution >= 4 is 32.3 Å². The monoisotopic (exact) mass is 988 g/mol. The van der Waals surface area contributed by atoms with Crippen LogP contribution in [0.15, 0.2) is 315 Å². The van der Waals surface area contributed by atoms with E-state index in [4.69, 9.17) is 0 Å². The first-order valence-electron chi connectivity index (χ1n) is 27.0. The molecule has 78 heavy (non-hydrogen) atoms. The molecule has 364 valence electrons. The lowest BCUT2D eigenvalue weighted by Gasteiger charge is -2.26. The van der Waals surface area contributed by atoms with Gasteiger partial charge in [-0.25, -0.2) is 0 Å². The van der Waals surface area contributed by atoms with Crippen LogP contribution in [0.2, 0.25) is 0 Å². The molecule has 0 heteroatoms. The van der Waals surface area contributed by atoms with Gasteiger partial charge in [-0.15, -0.1) is 0 Å². The Labute approximate surface area is 456 Å². The molecule has 14 aromatic carbocycles. The molecule has 0 N–H and O–H groups in total. The Morgan fingerprint density at radius 3 is 0.551 bits per heavy atom. The van der Waals surface area contributed by atoms with E-state index >= 15 is 0 Å². The van der Waals surface area contributed by atoms with Crippen molar-refractivity contribution in [2.45, 2.75) is 0 Å². The Bertz CT molecular complexity index is 4130. The van der Waals surface area contributed by atoms with E-state index in [1.54, 1.807) is 0 Å². The van der Waals surface area contributed by atoms with Crippen LogP contribution < -0.4 is 0 Å². The molecule has 0 saturated carbocycles. The third-order valence-electron chi connectivity index (χ3n) is 15.7. The quantitative estimate of drug-likeness (QED) is 0.120. The van der Waals surface area contributed by atoms with Crippen LogP contribution in [-0.4, -0.2) is 0 Å². The molecular weight excluding hydrogens is 937 g/mol. The Hall–Kier alpha value is -10.1. The summed E-state index contributed by atoms with van der Waals surface area (Å²) >= 11 is 0. The molecule has 0 unspecified atom stereocenters. The zero-order valence-electron chi connectivity index (χ0n) is 43.0. The fraction of sp³-hybridized carbons (Fsp3) is 0. The van der Waals surface area contributed by atoms with Crippen LogP contribution in [0.4, 0.5) is 0 Å².